The molecular formula is C21H15NO6. The summed E-state index contributed by atoms with van der Waals surface area (Å²) in [5.74, 6) is -0.155. The lowest BCUT2D eigenvalue weighted by atomic mass is 10.1. The molecule has 28 heavy (non-hydrogen) atoms. The number of carbonyl (C=O) groups excluding carboxylic acids is 2. The van der Waals surface area contributed by atoms with Crippen molar-refractivity contribution in [3.63, 3.8) is 0 Å². The molecule has 0 bridgehead atoms. The van der Waals surface area contributed by atoms with Gasteiger partial charge in [-0.25, -0.2) is 9.59 Å². The Morgan fingerprint density at radius 3 is 2.61 bits per heavy atom. The first-order chi connectivity index (χ1) is 13.7. The molecule has 7 nitrogen and oxygen atoms in total. The number of carbonyl (C=O) groups is 2. The second kappa shape index (κ2) is 7.40. The molecule has 7 heteroatoms. The zero-order chi connectivity index (χ0) is 19.5. The van der Waals surface area contributed by atoms with Crippen LogP contribution < -0.4 is 0 Å². The summed E-state index contributed by atoms with van der Waals surface area (Å²) in [5.41, 5.74) is 1.86. The number of furan rings is 1. The highest BCUT2D eigenvalue weighted by molar-refractivity contribution is 5.98. The number of methoxy groups -OCH3 is 1. The van der Waals surface area contributed by atoms with Gasteiger partial charge in [-0.1, -0.05) is 35.5 Å². The van der Waals surface area contributed by atoms with Gasteiger partial charge in [-0.2, -0.15) is 0 Å². The van der Waals surface area contributed by atoms with E-state index < -0.39 is 11.9 Å². The number of hydrogen-bond donors (Lipinski definition) is 0. The van der Waals surface area contributed by atoms with Crippen LogP contribution in [0.1, 0.15) is 26.7 Å². The van der Waals surface area contributed by atoms with Crippen LogP contribution in [-0.2, 0) is 16.1 Å². The van der Waals surface area contributed by atoms with Crippen molar-refractivity contribution < 1.29 is 28.0 Å². The smallest absolute Gasteiger partial charge is 0.373 e. The summed E-state index contributed by atoms with van der Waals surface area (Å²) in [4.78, 5) is 23.8. The van der Waals surface area contributed by atoms with Crippen molar-refractivity contribution in [3.05, 3.63) is 77.7 Å². The molecule has 0 saturated heterocycles. The van der Waals surface area contributed by atoms with E-state index in [2.05, 4.69) is 9.89 Å². The molecule has 0 N–H and O–H groups in total. The highest BCUT2D eigenvalue weighted by atomic mass is 16.6. The minimum absolute atomic E-state index is 0.0481. The normalized spacial score (nSPS) is 10.8. The fourth-order valence-corrected chi connectivity index (χ4v) is 2.75. The third kappa shape index (κ3) is 3.37. The van der Waals surface area contributed by atoms with Crippen LogP contribution in [0.4, 0.5) is 0 Å². The Morgan fingerprint density at radius 1 is 1.00 bits per heavy atom. The number of ether oxygens (including phenoxy) is 2. The summed E-state index contributed by atoms with van der Waals surface area (Å²) >= 11 is 0. The van der Waals surface area contributed by atoms with E-state index in [9.17, 15) is 9.59 Å². The van der Waals surface area contributed by atoms with Gasteiger partial charge in [0.25, 0.3) is 0 Å². The maximum atomic E-state index is 12.4. The molecule has 0 aliphatic heterocycles. The molecule has 0 unspecified atom stereocenters. The number of esters is 2. The lowest BCUT2D eigenvalue weighted by Crippen LogP contribution is -2.05. The molecule has 140 valence electrons. The number of benzene rings is 2. The Labute approximate surface area is 159 Å². The van der Waals surface area contributed by atoms with Crippen molar-refractivity contribution in [2.75, 3.05) is 7.11 Å². The largest absolute Gasteiger partial charge is 0.463 e. The lowest BCUT2D eigenvalue weighted by Gasteiger charge is -2.03. The SMILES string of the molecule is COC(=O)c1ccc(COC(=O)c2ccc3noc(-c4ccccc4)c3c2)o1. The second-order valence-corrected chi connectivity index (χ2v) is 5.94. The summed E-state index contributed by atoms with van der Waals surface area (Å²) in [5, 5.41) is 4.74. The average Bonchev–Trinajstić information content (AvgIpc) is 3.38. The number of nitrogens with zero attached hydrogens (tertiary/aromatic N) is 1. The van der Waals surface area contributed by atoms with E-state index in [0.29, 0.717) is 28.0 Å². The lowest BCUT2D eigenvalue weighted by molar-refractivity contribution is 0.0438. The second-order valence-electron chi connectivity index (χ2n) is 5.94. The molecule has 2 aromatic heterocycles. The van der Waals surface area contributed by atoms with Gasteiger partial charge in [0.1, 0.15) is 17.9 Å². The number of rotatable bonds is 5. The first-order valence-corrected chi connectivity index (χ1v) is 8.44. The van der Waals surface area contributed by atoms with Crippen molar-refractivity contribution in [2.45, 2.75) is 6.61 Å². The first-order valence-electron chi connectivity index (χ1n) is 8.44. The Kier molecular flexibility index (Phi) is 4.63. The zero-order valence-corrected chi connectivity index (χ0v) is 14.9. The monoisotopic (exact) mass is 377 g/mol. The Hall–Kier alpha value is -3.87. The molecule has 4 aromatic rings. The van der Waals surface area contributed by atoms with Crippen LogP contribution in [0.5, 0.6) is 0 Å². The third-order valence-corrected chi connectivity index (χ3v) is 4.14. The minimum Gasteiger partial charge on any atom is -0.463 e. The van der Waals surface area contributed by atoms with Crippen molar-refractivity contribution in [1.82, 2.24) is 5.16 Å². The fraction of sp³-hybridized carbons (Fsp3) is 0.0952. The van der Waals surface area contributed by atoms with Crippen molar-refractivity contribution in [1.29, 1.82) is 0 Å². The van der Waals surface area contributed by atoms with Crippen molar-refractivity contribution in [2.24, 2.45) is 0 Å². The standard InChI is InChI=1S/C21H15NO6/c1-25-21(24)18-10-8-15(27-18)12-26-20(23)14-7-9-17-16(11-14)19(28-22-17)13-5-3-2-4-6-13/h2-11H,12H2,1H3. The maximum absolute atomic E-state index is 12.4. The Bertz CT molecular complexity index is 1140. The number of hydrogen-bond acceptors (Lipinski definition) is 7. The predicted octanol–water partition coefficient (Wildman–Crippen LogP) is 4.23. The molecule has 0 aliphatic rings. The van der Waals surface area contributed by atoms with Gasteiger partial charge < -0.3 is 18.4 Å². The highest BCUT2D eigenvalue weighted by Crippen LogP contribution is 2.29. The van der Waals surface area contributed by atoms with E-state index in [4.69, 9.17) is 13.7 Å². The van der Waals surface area contributed by atoms with Gasteiger partial charge in [0, 0.05) is 5.56 Å². The summed E-state index contributed by atoms with van der Waals surface area (Å²) < 4.78 is 20.6. The van der Waals surface area contributed by atoms with E-state index in [1.54, 1.807) is 24.3 Å². The Balaban J connectivity index is 1.53. The van der Waals surface area contributed by atoms with Gasteiger partial charge >= 0.3 is 11.9 Å². The van der Waals surface area contributed by atoms with Crippen LogP contribution in [0.15, 0.2) is 69.6 Å². The highest BCUT2D eigenvalue weighted by Gasteiger charge is 2.16. The van der Waals surface area contributed by atoms with Crippen LogP contribution in [0.25, 0.3) is 22.2 Å². The zero-order valence-electron chi connectivity index (χ0n) is 14.9. The first kappa shape index (κ1) is 17.5. The Morgan fingerprint density at radius 2 is 1.82 bits per heavy atom. The molecule has 0 radical (unpaired) electrons. The van der Waals surface area contributed by atoms with Gasteiger partial charge in [0.15, 0.2) is 5.76 Å². The molecule has 0 saturated carbocycles. The van der Waals surface area contributed by atoms with Crippen molar-refractivity contribution in [3.8, 4) is 11.3 Å². The molecule has 0 spiro atoms. The van der Waals surface area contributed by atoms with Gasteiger partial charge in [-0.15, -0.1) is 0 Å². The maximum Gasteiger partial charge on any atom is 0.373 e. The molecule has 0 fully saturated rings. The summed E-state index contributed by atoms with van der Waals surface area (Å²) in [6, 6.07) is 17.5. The summed E-state index contributed by atoms with van der Waals surface area (Å²) in [6.45, 7) is -0.108. The molecule has 2 heterocycles. The molecule has 0 aliphatic carbocycles. The molecule has 0 amide bonds. The van der Waals surface area contributed by atoms with Crippen LogP contribution in [0, 0.1) is 0 Å². The van der Waals surface area contributed by atoms with Crippen LogP contribution in [-0.4, -0.2) is 24.2 Å². The quantitative estimate of drug-likeness (QED) is 0.481. The molecular weight excluding hydrogens is 362 g/mol. The topological polar surface area (TPSA) is 91.8 Å². The number of fused-ring (bicyclic) bond motifs is 1. The minimum atomic E-state index is -0.594. The van der Waals surface area contributed by atoms with E-state index >= 15 is 0 Å². The summed E-state index contributed by atoms with van der Waals surface area (Å²) in [7, 11) is 1.26. The molecule has 2 aromatic carbocycles. The van der Waals surface area contributed by atoms with E-state index in [1.165, 1.54) is 13.2 Å². The molecule has 0 atom stereocenters. The fourth-order valence-electron chi connectivity index (χ4n) is 2.75. The van der Waals surface area contributed by atoms with Crippen molar-refractivity contribution >= 4 is 22.8 Å². The average molecular weight is 377 g/mol. The van der Waals surface area contributed by atoms with Crippen LogP contribution in [0.2, 0.25) is 0 Å². The van der Waals surface area contributed by atoms with E-state index in [-0.39, 0.29) is 12.4 Å². The summed E-state index contributed by atoms with van der Waals surface area (Å²) in [6.07, 6.45) is 0. The molecule has 4 rings (SSSR count). The van der Waals surface area contributed by atoms with Gasteiger partial charge in [-0.3, -0.25) is 0 Å². The van der Waals surface area contributed by atoms with Gasteiger partial charge in [0.05, 0.1) is 18.1 Å². The third-order valence-electron chi connectivity index (χ3n) is 4.14. The predicted molar refractivity (Wildman–Crippen MR) is 98.6 cm³/mol. The van der Waals surface area contributed by atoms with Crippen LogP contribution >= 0.6 is 0 Å². The van der Waals surface area contributed by atoms with Gasteiger partial charge in [-0.05, 0) is 30.3 Å². The van der Waals surface area contributed by atoms with E-state index in [1.807, 2.05) is 30.3 Å². The van der Waals surface area contributed by atoms with E-state index in [0.717, 1.165) is 5.56 Å². The van der Waals surface area contributed by atoms with Gasteiger partial charge in [0.2, 0.25) is 5.76 Å². The number of aromatic nitrogens is 1. The van der Waals surface area contributed by atoms with Crippen LogP contribution in [0.3, 0.4) is 0 Å².